The average Bonchev–Trinajstić information content (AvgIpc) is 2.54. The number of carbonyl (C=O) groups excluding carboxylic acids is 1. The third kappa shape index (κ3) is 3.87. The molecule has 0 aromatic rings. The maximum atomic E-state index is 11.9. The molecular weight excluding hydrogens is 233 g/mol. The predicted molar refractivity (Wildman–Crippen MR) is 58.2 cm³/mol. The molecule has 1 aliphatic carbocycles. The molecule has 0 heterocycles. The largest absolute Gasteiger partial charge is 0.389 e. The van der Waals surface area contributed by atoms with Gasteiger partial charge in [0.05, 0.1) is 5.41 Å². The first-order valence-corrected chi connectivity index (χ1v) is 5.86. The fourth-order valence-electron chi connectivity index (χ4n) is 2.17. The number of hydrogen-bond donors (Lipinski definition) is 2. The summed E-state index contributed by atoms with van der Waals surface area (Å²) in [7, 11) is 0. The second kappa shape index (κ2) is 5.25. The van der Waals surface area contributed by atoms with Crippen LogP contribution in [0, 0.1) is 5.41 Å². The summed E-state index contributed by atoms with van der Waals surface area (Å²) in [4.78, 5) is 11.8. The van der Waals surface area contributed by atoms with E-state index in [1.807, 2.05) is 0 Å². The Morgan fingerprint density at radius 2 is 2.18 bits per heavy atom. The number of rotatable bonds is 4. The maximum Gasteiger partial charge on any atom is 0.389 e. The summed E-state index contributed by atoms with van der Waals surface area (Å²) < 4.78 is 35.7. The molecule has 1 saturated carbocycles. The molecule has 100 valence electrons. The summed E-state index contributed by atoms with van der Waals surface area (Å²) in [6.07, 6.45) is -2.70. The van der Waals surface area contributed by atoms with Crippen molar-refractivity contribution in [2.45, 2.75) is 51.2 Å². The standard InChI is InChI=1S/C11H19F3N2O/c1-10(5-2-4-8(10)15)9(17)16-7-3-6-11(12,13)14/h8H,2-7,15H2,1H3,(H,16,17). The van der Waals surface area contributed by atoms with E-state index in [9.17, 15) is 18.0 Å². The van der Waals surface area contributed by atoms with Crippen molar-refractivity contribution in [2.24, 2.45) is 11.1 Å². The van der Waals surface area contributed by atoms with Crippen LogP contribution in [-0.4, -0.2) is 24.7 Å². The highest BCUT2D eigenvalue weighted by Gasteiger charge is 2.42. The number of hydrogen-bond acceptors (Lipinski definition) is 2. The SMILES string of the molecule is CC1(C(=O)NCCCC(F)(F)F)CCCC1N. The highest BCUT2D eigenvalue weighted by molar-refractivity contribution is 5.83. The van der Waals surface area contributed by atoms with Crippen LogP contribution in [0.3, 0.4) is 0 Å². The molecule has 3 nitrogen and oxygen atoms in total. The van der Waals surface area contributed by atoms with Crippen LogP contribution in [0.5, 0.6) is 0 Å². The first kappa shape index (κ1) is 14.3. The van der Waals surface area contributed by atoms with Crippen LogP contribution >= 0.6 is 0 Å². The fraction of sp³-hybridized carbons (Fsp3) is 0.909. The second-order valence-corrected chi connectivity index (χ2v) is 4.89. The lowest BCUT2D eigenvalue weighted by atomic mass is 9.84. The van der Waals surface area contributed by atoms with Crippen molar-refractivity contribution in [1.82, 2.24) is 5.32 Å². The second-order valence-electron chi connectivity index (χ2n) is 4.89. The first-order chi connectivity index (χ1) is 7.76. The maximum absolute atomic E-state index is 11.9. The zero-order valence-electron chi connectivity index (χ0n) is 9.94. The molecule has 1 rings (SSSR count). The molecule has 0 saturated heterocycles. The van der Waals surface area contributed by atoms with E-state index in [0.29, 0.717) is 6.42 Å². The third-order valence-corrected chi connectivity index (χ3v) is 3.47. The van der Waals surface area contributed by atoms with Gasteiger partial charge >= 0.3 is 6.18 Å². The number of alkyl halides is 3. The number of nitrogens with one attached hydrogen (secondary N) is 1. The van der Waals surface area contributed by atoms with E-state index in [-0.39, 0.29) is 24.9 Å². The van der Waals surface area contributed by atoms with E-state index >= 15 is 0 Å². The molecule has 0 bridgehead atoms. The minimum absolute atomic E-state index is 0.0562. The van der Waals surface area contributed by atoms with E-state index in [2.05, 4.69) is 5.32 Å². The summed E-state index contributed by atoms with van der Waals surface area (Å²) in [5.74, 6) is -0.218. The third-order valence-electron chi connectivity index (χ3n) is 3.47. The molecule has 17 heavy (non-hydrogen) atoms. The number of carbonyl (C=O) groups is 1. The van der Waals surface area contributed by atoms with Gasteiger partial charge in [-0.2, -0.15) is 13.2 Å². The van der Waals surface area contributed by atoms with Crippen molar-refractivity contribution in [3.63, 3.8) is 0 Å². The van der Waals surface area contributed by atoms with Gasteiger partial charge in [-0.1, -0.05) is 6.42 Å². The molecule has 3 N–H and O–H groups in total. The minimum atomic E-state index is -4.15. The lowest BCUT2D eigenvalue weighted by molar-refractivity contribution is -0.137. The summed E-state index contributed by atoms with van der Waals surface area (Å²) in [6, 6.07) is -0.190. The molecular formula is C11H19F3N2O. The molecule has 0 aromatic carbocycles. The van der Waals surface area contributed by atoms with Crippen molar-refractivity contribution in [3.05, 3.63) is 0 Å². The summed E-state index contributed by atoms with van der Waals surface area (Å²) in [6.45, 7) is 1.84. The molecule has 0 aromatic heterocycles. The average molecular weight is 252 g/mol. The number of nitrogens with two attached hydrogens (primary N) is 1. The van der Waals surface area contributed by atoms with Crippen molar-refractivity contribution >= 4 is 5.91 Å². The Balaban J connectivity index is 2.30. The molecule has 1 amide bonds. The van der Waals surface area contributed by atoms with Gasteiger partial charge in [-0.25, -0.2) is 0 Å². The van der Waals surface area contributed by atoms with Crippen LogP contribution in [0.1, 0.15) is 39.0 Å². The normalized spacial score (nSPS) is 29.4. The van der Waals surface area contributed by atoms with Crippen molar-refractivity contribution in [2.75, 3.05) is 6.54 Å². The van der Waals surface area contributed by atoms with E-state index in [0.717, 1.165) is 12.8 Å². The van der Waals surface area contributed by atoms with E-state index < -0.39 is 18.0 Å². The van der Waals surface area contributed by atoms with E-state index in [1.165, 1.54) is 0 Å². The molecule has 0 aliphatic heterocycles. The van der Waals surface area contributed by atoms with Crippen LogP contribution in [0.25, 0.3) is 0 Å². The van der Waals surface area contributed by atoms with Gasteiger partial charge in [0.25, 0.3) is 0 Å². The molecule has 0 radical (unpaired) electrons. The number of halogens is 3. The molecule has 2 atom stereocenters. The Labute approximate surface area is 98.9 Å². The van der Waals surface area contributed by atoms with Crippen molar-refractivity contribution in [3.8, 4) is 0 Å². The Kier molecular flexibility index (Phi) is 4.41. The smallest absolute Gasteiger partial charge is 0.356 e. The molecule has 6 heteroatoms. The van der Waals surface area contributed by atoms with Gasteiger partial charge in [0.2, 0.25) is 5.91 Å². The predicted octanol–water partition coefficient (Wildman–Crippen LogP) is 1.96. The zero-order chi connectivity index (χ0) is 13.1. The van der Waals surface area contributed by atoms with Crippen LogP contribution < -0.4 is 11.1 Å². The molecule has 0 spiro atoms. The summed E-state index contributed by atoms with van der Waals surface area (Å²) >= 11 is 0. The first-order valence-electron chi connectivity index (χ1n) is 5.86. The van der Waals surface area contributed by atoms with Gasteiger partial charge in [-0.15, -0.1) is 0 Å². The van der Waals surface area contributed by atoms with Gasteiger partial charge in [0, 0.05) is 19.0 Å². The Morgan fingerprint density at radius 1 is 1.53 bits per heavy atom. The van der Waals surface area contributed by atoms with Crippen molar-refractivity contribution < 1.29 is 18.0 Å². The van der Waals surface area contributed by atoms with Gasteiger partial charge < -0.3 is 11.1 Å². The Hall–Kier alpha value is -0.780. The van der Waals surface area contributed by atoms with Crippen LogP contribution in [0.4, 0.5) is 13.2 Å². The van der Waals surface area contributed by atoms with E-state index in [4.69, 9.17) is 5.73 Å². The molecule has 2 unspecified atom stereocenters. The molecule has 1 fully saturated rings. The Bertz CT molecular complexity index is 280. The monoisotopic (exact) mass is 252 g/mol. The van der Waals surface area contributed by atoms with Gasteiger partial charge in [-0.3, -0.25) is 4.79 Å². The van der Waals surface area contributed by atoms with Crippen LogP contribution in [0.15, 0.2) is 0 Å². The molecule has 1 aliphatic rings. The summed E-state index contributed by atoms with van der Waals surface area (Å²) in [5.41, 5.74) is 5.23. The van der Waals surface area contributed by atoms with Gasteiger partial charge in [-0.05, 0) is 26.2 Å². The highest BCUT2D eigenvalue weighted by Crippen LogP contribution is 2.36. The van der Waals surface area contributed by atoms with Crippen LogP contribution in [-0.2, 0) is 4.79 Å². The lowest BCUT2D eigenvalue weighted by Gasteiger charge is -2.27. The summed E-state index contributed by atoms with van der Waals surface area (Å²) in [5, 5.41) is 2.55. The topological polar surface area (TPSA) is 55.1 Å². The Morgan fingerprint density at radius 3 is 2.65 bits per heavy atom. The van der Waals surface area contributed by atoms with Gasteiger partial charge in [0.15, 0.2) is 0 Å². The highest BCUT2D eigenvalue weighted by atomic mass is 19.4. The van der Waals surface area contributed by atoms with Crippen molar-refractivity contribution in [1.29, 1.82) is 0 Å². The zero-order valence-corrected chi connectivity index (χ0v) is 9.94. The quantitative estimate of drug-likeness (QED) is 0.751. The number of amides is 1. The fourth-order valence-corrected chi connectivity index (χ4v) is 2.17. The lowest BCUT2D eigenvalue weighted by Crippen LogP contribution is -2.47. The van der Waals surface area contributed by atoms with E-state index in [1.54, 1.807) is 6.92 Å². The van der Waals surface area contributed by atoms with Gasteiger partial charge in [0.1, 0.15) is 0 Å². The van der Waals surface area contributed by atoms with Crippen LogP contribution in [0.2, 0.25) is 0 Å². The minimum Gasteiger partial charge on any atom is -0.356 e.